The van der Waals surface area contributed by atoms with Gasteiger partial charge in [-0.05, 0) is 19.3 Å². The van der Waals surface area contributed by atoms with Crippen molar-refractivity contribution in [3.8, 4) is 0 Å². The van der Waals surface area contributed by atoms with E-state index >= 15 is 0 Å². The van der Waals surface area contributed by atoms with E-state index in [-0.39, 0.29) is 12.2 Å². The van der Waals surface area contributed by atoms with Gasteiger partial charge in [-0.15, -0.1) is 0 Å². The van der Waals surface area contributed by atoms with Gasteiger partial charge in [-0.1, -0.05) is 71.1 Å². The minimum absolute atomic E-state index is 0.00869. The second-order valence-corrected chi connectivity index (χ2v) is 6.41. The molecule has 0 amide bonds. The molecule has 0 radical (unpaired) electrons. The van der Waals surface area contributed by atoms with Crippen LogP contribution < -0.4 is 0 Å². The summed E-state index contributed by atoms with van der Waals surface area (Å²) in [5, 5.41) is 10.2. The predicted molar refractivity (Wildman–Crippen MR) is 93.2 cm³/mol. The third kappa shape index (κ3) is 13.3. The summed E-state index contributed by atoms with van der Waals surface area (Å²) in [6.07, 6.45) is 16.3. The maximum atomic E-state index is 10.2. The lowest BCUT2D eigenvalue weighted by molar-refractivity contribution is -0.107. The van der Waals surface area contributed by atoms with E-state index in [1.54, 1.807) is 7.11 Å². The summed E-state index contributed by atoms with van der Waals surface area (Å²) in [5.74, 6) is 0. The van der Waals surface area contributed by atoms with Crippen LogP contribution in [-0.2, 0) is 9.53 Å². The van der Waals surface area contributed by atoms with Gasteiger partial charge in [0, 0.05) is 13.5 Å². The molecule has 0 aliphatic rings. The number of aliphatic hydroxyl groups excluding tert-OH is 1. The minimum atomic E-state index is -0.314. The lowest BCUT2D eigenvalue weighted by Crippen LogP contribution is -2.27. The van der Waals surface area contributed by atoms with Crippen molar-refractivity contribution in [3.63, 3.8) is 0 Å². The Labute approximate surface area is 137 Å². The molecule has 0 rings (SSSR count). The third-order valence-corrected chi connectivity index (χ3v) is 4.40. The van der Waals surface area contributed by atoms with Crippen LogP contribution in [-0.4, -0.2) is 30.7 Å². The fourth-order valence-electron chi connectivity index (χ4n) is 2.89. The Hall–Kier alpha value is -0.410. The maximum absolute atomic E-state index is 10.2. The average Bonchev–Trinajstić information content (AvgIpc) is 2.53. The van der Waals surface area contributed by atoms with Gasteiger partial charge in [-0.25, -0.2) is 0 Å². The largest absolute Gasteiger partial charge is 0.390 e. The molecule has 2 unspecified atom stereocenters. The maximum Gasteiger partial charge on any atom is 0.119 e. The number of aliphatic hydroxyl groups is 1. The number of carbonyl (C=O) groups excluding carboxylic acids is 1. The first-order chi connectivity index (χ1) is 10.8. The average molecular weight is 315 g/mol. The molecule has 0 heterocycles. The van der Waals surface area contributed by atoms with Crippen LogP contribution in [0.1, 0.15) is 96.8 Å². The smallest absolute Gasteiger partial charge is 0.119 e. The molecular weight excluding hydrogens is 276 g/mol. The molecule has 0 aromatic rings. The summed E-state index contributed by atoms with van der Waals surface area (Å²) in [4.78, 5) is 10.2. The van der Waals surface area contributed by atoms with E-state index in [1.807, 2.05) is 0 Å². The molecule has 0 aromatic carbocycles. The SMILES string of the molecule is CCCCCCCCC(O)C(CCCCCCCC=O)OC. The minimum Gasteiger partial charge on any atom is -0.390 e. The van der Waals surface area contributed by atoms with E-state index in [0.717, 1.165) is 44.8 Å². The Balaban J connectivity index is 3.55. The van der Waals surface area contributed by atoms with E-state index in [2.05, 4.69) is 6.92 Å². The lowest BCUT2D eigenvalue weighted by atomic mass is 9.99. The van der Waals surface area contributed by atoms with E-state index in [0.29, 0.717) is 6.42 Å². The molecule has 0 aromatic heterocycles. The molecule has 0 aliphatic heterocycles. The summed E-state index contributed by atoms with van der Waals surface area (Å²) in [5.41, 5.74) is 0. The molecule has 0 spiro atoms. The van der Waals surface area contributed by atoms with Crippen LogP contribution in [0.4, 0.5) is 0 Å². The number of ether oxygens (including phenoxy) is 1. The van der Waals surface area contributed by atoms with Gasteiger partial charge in [-0.3, -0.25) is 0 Å². The molecule has 1 N–H and O–H groups in total. The van der Waals surface area contributed by atoms with E-state index in [4.69, 9.17) is 4.74 Å². The topological polar surface area (TPSA) is 46.5 Å². The van der Waals surface area contributed by atoms with Crippen molar-refractivity contribution < 1.29 is 14.6 Å². The fourth-order valence-corrected chi connectivity index (χ4v) is 2.89. The number of carbonyl (C=O) groups is 1. The van der Waals surface area contributed by atoms with E-state index < -0.39 is 0 Å². The van der Waals surface area contributed by atoms with Crippen molar-refractivity contribution in [2.24, 2.45) is 0 Å². The first-order valence-electron chi connectivity index (χ1n) is 9.40. The Morgan fingerprint density at radius 3 is 2.00 bits per heavy atom. The first kappa shape index (κ1) is 21.6. The second kappa shape index (κ2) is 17.0. The Bertz CT molecular complexity index is 231. The van der Waals surface area contributed by atoms with Gasteiger partial charge in [0.1, 0.15) is 6.29 Å². The zero-order valence-corrected chi connectivity index (χ0v) is 14.9. The molecule has 0 saturated carbocycles. The summed E-state index contributed by atoms with van der Waals surface area (Å²) in [6.45, 7) is 2.23. The van der Waals surface area contributed by atoms with Crippen LogP contribution in [0.3, 0.4) is 0 Å². The monoisotopic (exact) mass is 314 g/mol. The van der Waals surface area contributed by atoms with E-state index in [1.165, 1.54) is 44.9 Å². The van der Waals surface area contributed by atoms with E-state index in [9.17, 15) is 9.90 Å². The summed E-state index contributed by atoms with van der Waals surface area (Å²) in [6, 6.07) is 0. The van der Waals surface area contributed by atoms with Gasteiger partial charge in [0.15, 0.2) is 0 Å². The van der Waals surface area contributed by atoms with Crippen molar-refractivity contribution in [1.29, 1.82) is 0 Å². The normalized spacial score (nSPS) is 14.0. The summed E-state index contributed by atoms with van der Waals surface area (Å²) < 4.78 is 5.46. The number of methoxy groups -OCH3 is 1. The van der Waals surface area contributed by atoms with Crippen molar-refractivity contribution in [1.82, 2.24) is 0 Å². The molecular formula is C19H38O3. The Morgan fingerprint density at radius 2 is 1.41 bits per heavy atom. The summed E-state index contributed by atoms with van der Waals surface area (Å²) >= 11 is 0. The predicted octanol–water partition coefficient (Wildman–Crippen LogP) is 5.04. The number of rotatable bonds is 17. The molecule has 0 saturated heterocycles. The number of aldehydes is 1. The summed E-state index contributed by atoms with van der Waals surface area (Å²) in [7, 11) is 1.71. The molecule has 2 atom stereocenters. The molecule has 3 nitrogen and oxygen atoms in total. The third-order valence-electron chi connectivity index (χ3n) is 4.40. The standard InChI is InChI=1S/C19H38O3/c1-3-4-5-6-9-12-15-18(21)19(22-2)16-13-10-7-8-11-14-17-20/h17-19,21H,3-16H2,1-2H3. The lowest BCUT2D eigenvalue weighted by Gasteiger charge is -2.21. The molecule has 22 heavy (non-hydrogen) atoms. The van der Waals surface area contributed by atoms with Crippen LogP contribution in [0.25, 0.3) is 0 Å². The first-order valence-corrected chi connectivity index (χ1v) is 9.40. The van der Waals surface area contributed by atoms with Gasteiger partial charge in [0.05, 0.1) is 12.2 Å². The van der Waals surface area contributed by atoms with Crippen LogP contribution in [0.15, 0.2) is 0 Å². The molecule has 3 heteroatoms. The highest BCUT2D eigenvalue weighted by atomic mass is 16.5. The number of hydrogen-bond donors (Lipinski definition) is 1. The van der Waals surface area contributed by atoms with Crippen molar-refractivity contribution in [3.05, 3.63) is 0 Å². The van der Waals surface area contributed by atoms with Crippen LogP contribution in [0, 0.1) is 0 Å². The van der Waals surface area contributed by atoms with Gasteiger partial charge in [-0.2, -0.15) is 0 Å². The van der Waals surface area contributed by atoms with Crippen molar-refractivity contribution >= 4 is 6.29 Å². The zero-order valence-electron chi connectivity index (χ0n) is 14.9. The Morgan fingerprint density at radius 1 is 0.864 bits per heavy atom. The second-order valence-electron chi connectivity index (χ2n) is 6.41. The number of hydrogen-bond acceptors (Lipinski definition) is 3. The van der Waals surface area contributed by atoms with Crippen molar-refractivity contribution in [2.45, 2.75) is 109 Å². The zero-order chi connectivity index (χ0) is 16.5. The van der Waals surface area contributed by atoms with Crippen LogP contribution in [0.2, 0.25) is 0 Å². The van der Waals surface area contributed by atoms with Gasteiger partial charge >= 0.3 is 0 Å². The molecule has 0 aliphatic carbocycles. The molecule has 132 valence electrons. The van der Waals surface area contributed by atoms with Gasteiger partial charge < -0.3 is 14.6 Å². The van der Waals surface area contributed by atoms with Crippen LogP contribution in [0.5, 0.6) is 0 Å². The molecule has 0 fully saturated rings. The van der Waals surface area contributed by atoms with Crippen LogP contribution >= 0.6 is 0 Å². The van der Waals surface area contributed by atoms with Gasteiger partial charge in [0.25, 0.3) is 0 Å². The number of unbranched alkanes of at least 4 members (excludes halogenated alkanes) is 10. The van der Waals surface area contributed by atoms with Gasteiger partial charge in [0.2, 0.25) is 0 Å². The highest BCUT2D eigenvalue weighted by Gasteiger charge is 2.17. The highest BCUT2D eigenvalue weighted by molar-refractivity contribution is 5.48. The Kier molecular flexibility index (Phi) is 16.6. The quantitative estimate of drug-likeness (QED) is 0.302. The molecule has 0 bridgehead atoms. The van der Waals surface area contributed by atoms with Crippen molar-refractivity contribution in [2.75, 3.05) is 7.11 Å². The highest BCUT2D eigenvalue weighted by Crippen LogP contribution is 2.16. The fraction of sp³-hybridized carbons (Fsp3) is 0.947.